The molecule has 0 radical (unpaired) electrons. The quantitative estimate of drug-likeness (QED) is 0.675. The predicted octanol–water partition coefficient (Wildman–Crippen LogP) is 1.88. The third kappa shape index (κ3) is 2.93. The number of aliphatic carboxylic acids is 1. The van der Waals surface area contributed by atoms with Crippen molar-refractivity contribution in [2.45, 2.75) is 0 Å². The SMILES string of the molecule is CN(CC(=O)O)c1cc(Br)ccc1[N+](=O)[O-]. The molecule has 0 heterocycles. The lowest BCUT2D eigenvalue weighted by Gasteiger charge is -2.16. The molecule has 0 aromatic heterocycles. The van der Waals surface area contributed by atoms with E-state index in [1.807, 2.05) is 0 Å². The summed E-state index contributed by atoms with van der Waals surface area (Å²) in [7, 11) is 1.49. The van der Waals surface area contributed by atoms with Crippen molar-refractivity contribution in [3.63, 3.8) is 0 Å². The van der Waals surface area contributed by atoms with E-state index in [4.69, 9.17) is 5.11 Å². The van der Waals surface area contributed by atoms with E-state index in [1.54, 1.807) is 0 Å². The zero-order chi connectivity index (χ0) is 12.3. The van der Waals surface area contributed by atoms with Crippen LogP contribution in [0.5, 0.6) is 0 Å². The molecule has 6 nitrogen and oxygen atoms in total. The lowest BCUT2D eigenvalue weighted by molar-refractivity contribution is -0.384. The molecule has 0 aliphatic rings. The van der Waals surface area contributed by atoms with E-state index in [-0.39, 0.29) is 17.9 Å². The van der Waals surface area contributed by atoms with E-state index >= 15 is 0 Å². The van der Waals surface area contributed by atoms with Gasteiger partial charge in [-0.15, -0.1) is 0 Å². The van der Waals surface area contributed by atoms with Crippen molar-refractivity contribution in [3.8, 4) is 0 Å². The molecule has 0 unspecified atom stereocenters. The molecule has 0 bridgehead atoms. The minimum absolute atomic E-state index is 0.119. The zero-order valence-corrected chi connectivity index (χ0v) is 9.97. The summed E-state index contributed by atoms with van der Waals surface area (Å²) in [4.78, 5) is 22.0. The molecule has 1 N–H and O–H groups in total. The summed E-state index contributed by atoms with van der Waals surface area (Å²) >= 11 is 3.18. The standard InChI is InChI=1S/C9H9BrN2O4/c1-11(5-9(13)14)8-4-6(10)2-3-7(8)12(15)16/h2-4H,5H2,1H3,(H,13,14). The Labute approximate surface area is 99.8 Å². The van der Waals surface area contributed by atoms with Gasteiger partial charge >= 0.3 is 5.97 Å². The summed E-state index contributed by atoms with van der Waals surface area (Å²) in [6.07, 6.45) is 0. The monoisotopic (exact) mass is 288 g/mol. The molecule has 1 aromatic rings. The fraction of sp³-hybridized carbons (Fsp3) is 0.222. The summed E-state index contributed by atoms with van der Waals surface area (Å²) < 4.78 is 0.658. The number of hydrogen-bond donors (Lipinski definition) is 1. The van der Waals surface area contributed by atoms with Gasteiger partial charge in [-0.1, -0.05) is 15.9 Å². The number of anilines is 1. The Bertz CT molecular complexity index is 436. The van der Waals surface area contributed by atoms with E-state index in [0.29, 0.717) is 4.47 Å². The van der Waals surface area contributed by atoms with Gasteiger partial charge in [0.25, 0.3) is 5.69 Å². The first kappa shape index (κ1) is 12.4. The summed E-state index contributed by atoms with van der Waals surface area (Å²) in [5.74, 6) is -1.04. The second kappa shape index (κ2) is 4.93. The average Bonchev–Trinajstić information content (AvgIpc) is 2.15. The highest BCUT2D eigenvalue weighted by molar-refractivity contribution is 9.10. The molecule has 16 heavy (non-hydrogen) atoms. The molecule has 86 valence electrons. The summed E-state index contributed by atoms with van der Waals surface area (Å²) in [6.45, 7) is -0.294. The third-order valence-electron chi connectivity index (χ3n) is 1.92. The molecule has 0 fully saturated rings. The molecule has 0 aliphatic heterocycles. The van der Waals surface area contributed by atoms with E-state index in [0.717, 1.165) is 0 Å². The highest BCUT2D eigenvalue weighted by Crippen LogP contribution is 2.30. The van der Waals surface area contributed by atoms with Crippen molar-refractivity contribution in [3.05, 3.63) is 32.8 Å². The Hall–Kier alpha value is -1.63. The maximum atomic E-state index is 10.7. The van der Waals surface area contributed by atoms with Gasteiger partial charge in [0.2, 0.25) is 0 Å². The Morgan fingerprint density at radius 2 is 2.25 bits per heavy atom. The fourth-order valence-corrected chi connectivity index (χ4v) is 1.59. The van der Waals surface area contributed by atoms with Crippen molar-refractivity contribution >= 4 is 33.3 Å². The first-order valence-corrected chi connectivity index (χ1v) is 5.08. The normalized spacial score (nSPS) is 9.88. The number of benzene rings is 1. The van der Waals surface area contributed by atoms with E-state index in [1.165, 1.54) is 30.1 Å². The van der Waals surface area contributed by atoms with Crippen molar-refractivity contribution in [2.24, 2.45) is 0 Å². The van der Waals surface area contributed by atoms with Crippen molar-refractivity contribution in [2.75, 3.05) is 18.5 Å². The minimum atomic E-state index is -1.04. The van der Waals surface area contributed by atoms with Crippen LogP contribution in [0.3, 0.4) is 0 Å². The molecule has 0 saturated carbocycles. The van der Waals surface area contributed by atoms with Crippen LogP contribution in [0, 0.1) is 10.1 Å². The van der Waals surface area contributed by atoms with Crippen LogP contribution < -0.4 is 4.90 Å². The van der Waals surface area contributed by atoms with Crippen LogP contribution in [0.2, 0.25) is 0 Å². The molecule has 0 saturated heterocycles. The molecular weight excluding hydrogens is 280 g/mol. The molecule has 0 aliphatic carbocycles. The number of halogens is 1. The van der Waals surface area contributed by atoms with Crippen LogP contribution >= 0.6 is 15.9 Å². The number of nitro benzene ring substituents is 1. The summed E-state index contributed by atoms with van der Waals surface area (Å²) in [6, 6.07) is 4.38. The van der Waals surface area contributed by atoms with Gasteiger partial charge in [-0.25, -0.2) is 0 Å². The van der Waals surface area contributed by atoms with E-state index in [9.17, 15) is 14.9 Å². The number of carboxylic acid groups (broad SMARTS) is 1. The molecule has 0 spiro atoms. The predicted molar refractivity (Wildman–Crippen MR) is 61.7 cm³/mol. The zero-order valence-electron chi connectivity index (χ0n) is 8.38. The van der Waals surface area contributed by atoms with Crippen LogP contribution in [0.15, 0.2) is 22.7 Å². The smallest absolute Gasteiger partial charge is 0.323 e. The second-order valence-electron chi connectivity index (χ2n) is 3.14. The highest BCUT2D eigenvalue weighted by Gasteiger charge is 2.18. The largest absolute Gasteiger partial charge is 0.480 e. The maximum absolute atomic E-state index is 10.7. The van der Waals surface area contributed by atoms with Crippen molar-refractivity contribution in [1.29, 1.82) is 0 Å². The Morgan fingerprint density at radius 3 is 2.75 bits per heavy atom. The lowest BCUT2D eigenvalue weighted by Crippen LogP contribution is -2.25. The third-order valence-corrected chi connectivity index (χ3v) is 2.41. The van der Waals surface area contributed by atoms with Crippen molar-refractivity contribution < 1.29 is 14.8 Å². The van der Waals surface area contributed by atoms with E-state index in [2.05, 4.69) is 15.9 Å². The minimum Gasteiger partial charge on any atom is -0.480 e. The van der Waals surface area contributed by atoms with Crippen molar-refractivity contribution in [1.82, 2.24) is 0 Å². The summed E-state index contributed by atoms with van der Waals surface area (Å²) in [5, 5.41) is 19.4. The number of carbonyl (C=O) groups is 1. The van der Waals surface area contributed by atoms with Crippen LogP contribution in [0.4, 0.5) is 11.4 Å². The fourth-order valence-electron chi connectivity index (χ4n) is 1.24. The first-order chi connectivity index (χ1) is 7.41. The second-order valence-corrected chi connectivity index (χ2v) is 4.06. The van der Waals surface area contributed by atoms with Crippen LogP contribution in [-0.2, 0) is 4.79 Å². The van der Waals surface area contributed by atoms with Gasteiger partial charge in [0.1, 0.15) is 12.2 Å². The van der Waals surface area contributed by atoms with Crippen LogP contribution in [0.25, 0.3) is 0 Å². The summed E-state index contributed by atoms with van der Waals surface area (Å²) in [5.41, 5.74) is 0.147. The van der Waals surface area contributed by atoms with Gasteiger partial charge in [0.05, 0.1) is 4.92 Å². The van der Waals surface area contributed by atoms with Gasteiger partial charge in [-0.3, -0.25) is 14.9 Å². The number of nitro groups is 1. The van der Waals surface area contributed by atoms with E-state index < -0.39 is 10.9 Å². The number of carboxylic acids is 1. The van der Waals surface area contributed by atoms with Crippen LogP contribution in [-0.4, -0.2) is 29.6 Å². The molecule has 0 atom stereocenters. The lowest BCUT2D eigenvalue weighted by atomic mass is 10.2. The highest BCUT2D eigenvalue weighted by atomic mass is 79.9. The molecule has 0 amide bonds. The van der Waals surface area contributed by atoms with Gasteiger partial charge in [0, 0.05) is 17.6 Å². The van der Waals surface area contributed by atoms with Gasteiger partial charge in [0.15, 0.2) is 0 Å². The Kier molecular flexibility index (Phi) is 3.83. The van der Waals surface area contributed by atoms with Gasteiger partial charge in [-0.05, 0) is 12.1 Å². The number of rotatable bonds is 4. The Balaban J connectivity index is 3.13. The average molecular weight is 289 g/mol. The first-order valence-electron chi connectivity index (χ1n) is 4.28. The maximum Gasteiger partial charge on any atom is 0.323 e. The molecular formula is C9H9BrN2O4. The number of nitrogens with zero attached hydrogens (tertiary/aromatic N) is 2. The molecule has 7 heteroatoms. The molecule has 1 aromatic carbocycles. The number of likely N-dealkylation sites (N-methyl/N-ethyl adjacent to an activating group) is 1. The molecule has 1 rings (SSSR count). The topological polar surface area (TPSA) is 83.7 Å². The van der Waals surface area contributed by atoms with Gasteiger partial charge in [-0.2, -0.15) is 0 Å². The number of hydrogen-bond acceptors (Lipinski definition) is 4. The van der Waals surface area contributed by atoms with Gasteiger partial charge < -0.3 is 10.0 Å². The Morgan fingerprint density at radius 1 is 1.62 bits per heavy atom. The van der Waals surface area contributed by atoms with Crippen LogP contribution in [0.1, 0.15) is 0 Å².